The van der Waals surface area contributed by atoms with Gasteiger partial charge in [0.05, 0.1) is 29.9 Å². The van der Waals surface area contributed by atoms with Crippen LogP contribution < -0.4 is 15.5 Å². The summed E-state index contributed by atoms with van der Waals surface area (Å²) in [5.41, 5.74) is 0.598. The molecule has 7 heteroatoms. The first-order valence-electron chi connectivity index (χ1n) is 9.75. The average Bonchev–Trinajstić information content (AvgIpc) is 2.69. The summed E-state index contributed by atoms with van der Waals surface area (Å²) in [4.78, 5) is 24.1. The van der Waals surface area contributed by atoms with E-state index in [4.69, 9.17) is 4.74 Å². The summed E-state index contributed by atoms with van der Waals surface area (Å²) < 4.78 is 26.5. The molecule has 6 nitrogen and oxygen atoms in total. The molecule has 0 unspecified atom stereocenters. The lowest BCUT2D eigenvalue weighted by Gasteiger charge is -2.25. The molecule has 0 amide bonds. The van der Waals surface area contributed by atoms with Gasteiger partial charge in [0.1, 0.15) is 5.82 Å². The second kappa shape index (κ2) is 8.63. The lowest BCUT2D eigenvalue weighted by Crippen LogP contribution is -2.23. The van der Waals surface area contributed by atoms with Gasteiger partial charge in [-0.25, -0.2) is 9.18 Å². The van der Waals surface area contributed by atoms with Crippen molar-refractivity contribution < 1.29 is 18.7 Å². The quantitative estimate of drug-likeness (QED) is 0.755. The topological polar surface area (TPSA) is 69.6 Å². The van der Waals surface area contributed by atoms with Crippen molar-refractivity contribution in [2.75, 3.05) is 19.0 Å². The molecule has 1 fully saturated rings. The summed E-state index contributed by atoms with van der Waals surface area (Å²) >= 11 is 0. The molecule has 2 aromatic rings. The molecule has 1 aromatic heterocycles. The molecule has 1 aliphatic rings. The van der Waals surface area contributed by atoms with Gasteiger partial charge in [0.25, 0.3) is 0 Å². The van der Waals surface area contributed by atoms with Crippen LogP contribution in [-0.2, 0) is 9.53 Å². The average molecular weight is 390 g/mol. The summed E-state index contributed by atoms with van der Waals surface area (Å²) in [6.07, 6.45) is 7.12. The summed E-state index contributed by atoms with van der Waals surface area (Å²) in [6.45, 7) is 3.55. The molecule has 0 bridgehead atoms. The molecular formula is C21H27FN2O4. The number of carbonyl (C=O) groups excluding carboxylic acids is 1. The largest absolute Gasteiger partial charge is 0.476 e. The number of rotatable bonds is 6. The zero-order chi connectivity index (χ0) is 20.3. The van der Waals surface area contributed by atoms with Crippen LogP contribution in [0.5, 0.6) is 5.75 Å². The van der Waals surface area contributed by atoms with Gasteiger partial charge in [0.2, 0.25) is 5.43 Å². The maximum atomic E-state index is 14.8. The van der Waals surface area contributed by atoms with Gasteiger partial charge >= 0.3 is 5.97 Å². The van der Waals surface area contributed by atoms with Crippen LogP contribution >= 0.6 is 0 Å². The van der Waals surface area contributed by atoms with E-state index in [9.17, 15) is 14.0 Å². The highest BCUT2D eigenvalue weighted by Gasteiger charge is 2.19. The first kappa shape index (κ1) is 20.2. The van der Waals surface area contributed by atoms with Crippen LogP contribution in [0.3, 0.4) is 0 Å². The van der Waals surface area contributed by atoms with Crippen molar-refractivity contribution in [2.24, 2.45) is 0 Å². The highest BCUT2D eigenvalue weighted by Crippen LogP contribution is 2.28. The van der Waals surface area contributed by atoms with E-state index in [-0.39, 0.29) is 29.8 Å². The number of benzene rings is 1. The first-order valence-corrected chi connectivity index (χ1v) is 9.75. The van der Waals surface area contributed by atoms with E-state index in [0.29, 0.717) is 11.2 Å². The lowest BCUT2D eigenvalue weighted by atomic mass is 9.95. The van der Waals surface area contributed by atoms with Gasteiger partial charge in [-0.05, 0) is 38.8 Å². The number of hydrogen-bond donors (Lipinski definition) is 1. The van der Waals surface area contributed by atoms with Crippen LogP contribution in [0.2, 0.25) is 0 Å². The number of halogens is 1. The van der Waals surface area contributed by atoms with Crippen molar-refractivity contribution in [3.8, 4) is 5.75 Å². The second-order valence-electron chi connectivity index (χ2n) is 7.52. The monoisotopic (exact) mass is 390 g/mol. The van der Waals surface area contributed by atoms with Gasteiger partial charge in [0.15, 0.2) is 12.4 Å². The highest BCUT2D eigenvalue weighted by atomic mass is 19.1. The predicted molar refractivity (Wildman–Crippen MR) is 107 cm³/mol. The maximum Gasteiger partial charge on any atom is 0.343 e. The molecule has 152 valence electrons. The lowest BCUT2D eigenvalue weighted by molar-refractivity contribution is -0.142. The minimum Gasteiger partial charge on any atom is -0.476 e. The Kier molecular flexibility index (Phi) is 6.21. The van der Waals surface area contributed by atoms with E-state index in [1.165, 1.54) is 19.6 Å². The molecule has 1 aromatic carbocycles. The Bertz CT molecular complexity index is 917. The van der Waals surface area contributed by atoms with Crippen molar-refractivity contribution in [1.82, 2.24) is 4.57 Å². The number of nitrogens with zero attached hydrogens (tertiary/aromatic N) is 1. The number of methoxy groups -OCH3 is 1. The number of fused-ring (bicyclic) bond motifs is 1. The van der Waals surface area contributed by atoms with E-state index < -0.39 is 17.2 Å². The normalized spacial score (nSPS) is 15.0. The standard InChI is InChI=1S/C21H27FN2O4/c1-13(2)24-11-19(28-12-20(25)27-3)21(26)15-9-16(22)17(10-18(15)24)23-14-7-5-4-6-8-14/h9-11,13-14,23H,4-8,12H2,1-3H3. The molecule has 1 saturated carbocycles. The summed E-state index contributed by atoms with van der Waals surface area (Å²) in [7, 11) is 1.24. The Labute approximate surface area is 163 Å². The smallest absolute Gasteiger partial charge is 0.343 e. The molecule has 3 rings (SSSR count). The van der Waals surface area contributed by atoms with Crippen LogP contribution in [0.15, 0.2) is 23.1 Å². The molecule has 0 radical (unpaired) electrons. The van der Waals surface area contributed by atoms with Crippen molar-refractivity contribution in [3.63, 3.8) is 0 Å². The fourth-order valence-electron chi connectivity index (χ4n) is 3.65. The predicted octanol–water partition coefficient (Wildman–Crippen LogP) is 4.02. The fourth-order valence-corrected chi connectivity index (χ4v) is 3.65. The van der Waals surface area contributed by atoms with Gasteiger partial charge in [-0.2, -0.15) is 0 Å². The number of aromatic nitrogens is 1. The minimum absolute atomic E-state index is 0.000935. The van der Waals surface area contributed by atoms with Crippen LogP contribution in [0.4, 0.5) is 10.1 Å². The van der Waals surface area contributed by atoms with E-state index in [1.54, 1.807) is 12.3 Å². The Balaban J connectivity index is 2.02. The SMILES string of the molecule is COC(=O)COc1cn(C(C)C)c2cc(NC3CCCCC3)c(F)cc2c1=O. The van der Waals surface area contributed by atoms with E-state index >= 15 is 0 Å². The number of pyridine rings is 1. The zero-order valence-electron chi connectivity index (χ0n) is 16.6. The molecule has 0 atom stereocenters. The summed E-state index contributed by atoms with van der Waals surface area (Å²) in [6, 6.07) is 3.22. The molecule has 28 heavy (non-hydrogen) atoms. The summed E-state index contributed by atoms with van der Waals surface area (Å²) in [5, 5.41) is 3.53. The summed E-state index contributed by atoms with van der Waals surface area (Å²) in [5.74, 6) is -1.05. The number of carbonyl (C=O) groups is 1. The number of hydrogen-bond acceptors (Lipinski definition) is 5. The molecular weight excluding hydrogens is 363 g/mol. The second-order valence-corrected chi connectivity index (χ2v) is 7.52. The van der Waals surface area contributed by atoms with E-state index in [1.807, 2.05) is 18.4 Å². The maximum absolute atomic E-state index is 14.8. The Hall–Kier alpha value is -2.57. The van der Waals surface area contributed by atoms with Gasteiger partial charge in [-0.1, -0.05) is 19.3 Å². The van der Waals surface area contributed by atoms with Crippen LogP contribution in [0, 0.1) is 5.82 Å². The van der Waals surface area contributed by atoms with Gasteiger partial charge < -0.3 is 19.4 Å². The number of esters is 1. The molecule has 1 heterocycles. The van der Waals surface area contributed by atoms with Crippen LogP contribution in [-0.4, -0.2) is 30.3 Å². The van der Waals surface area contributed by atoms with E-state index in [0.717, 1.165) is 25.7 Å². The number of ether oxygens (including phenoxy) is 2. The van der Waals surface area contributed by atoms with E-state index in [2.05, 4.69) is 10.1 Å². The van der Waals surface area contributed by atoms with Crippen LogP contribution in [0.1, 0.15) is 52.0 Å². The third-order valence-corrected chi connectivity index (χ3v) is 5.18. The third kappa shape index (κ3) is 4.29. The van der Waals surface area contributed by atoms with Crippen molar-refractivity contribution in [2.45, 2.75) is 58.0 Å². The Morgan fingerprint density at radius 2 is 2.00 bits per heavy atom. The third-order valence-electron chi connectivity index (χ3n) is 5.18. The molecule has 1 N–H and O–H groups in total. The van der Waals surface area contributed by atoms with Gasteiger partial charge in [-0.15, -0.1) is 0 Å². The fraction of sp³-hybridized carbons (Fsp3) is 0.524. The first-order chi connectivity index (χ1) is 13.4. The zero-order valence-corrected chi connectivity index (χ0v) is 16.6. The van der Waals surface area contributed by atoms with Crippen molar-refractivity contribution in [1.29, 1.82) is 0 Å². The Morgan fingerprint density at radius 3 is 2.64 bits per heavy atom. The van der Waals surface area contributed by atoms with Gasteiger partial charge in [0, 0.05) is 12.1 Å². The van der Waals surface area contributed by atoms with Crippen LogP contribution in [0.25, 0.3) is 10.9 Å². The molecule has 0 aliphatic heterocycles. The number of anilines is 1. The van der Waals surface area contributed by atoms with Gasteiger partial charge in [-0.3, -0.25) is 4.79 Å². The Morgan fingerprint density at radius 1 is 1.29 bits per heavy atom. The molecule has 1 aliphatic carbocycles. The molecule has 0 saturated heterocycles. The highest BCUT2D eigenvalue weighted by molar-refractivity contribution is 5.84. The molecule has 0 spiro atoms. The minimum atomic E-state index is -0.589. The number of nitrogens with one attached hydrogen (secondary N) is 1. The van der Waals surface area contributed by atoms with Crippen molar-refractivity contribution >= 4 is 22.6 Å². The van der Waals surface area contributed by atoms with Crippen molar-refractivity contribution in [3.05, 3.63) is 34.4 Å².